The van der Waals surface area contributed by atoms with Gasteiger partial charge in [0.25, 0.3) is 0 Å². The molecule has 1 aromatic rings. The first kappa shape index (κ1) is 8.76. The molecule has 0 N–H and O–H groups in total. The van der Waals surface area contributed by atoms with Crippen LogP contribution in [0, 0.1) is 11.3 Å². The first-order valence-electron chi connectivity index (χ1n) is 4.48. The van der Waals surface area contributed by atoms with Gasteiger partial charge in [0.05, 0.1) is 24.6 Å². The van der Waals surface area contributed by atoms with Crippen LogP contribution in [0.4, 0.5) is 5.69 Å². The van der Waals surface area contributed by atoms with E-state index in [0.717, 1.165) is 16.8 Å². The van der Waals surface area contributed by atoms with Gasteiger partial charge in [-0.05, 0) is 11.1 Å². The van der Waals surface area contributed by atoms with Crippen molar-refractivity contribution in [3.05, 3.63) is 29.3 Å². The maximum Gasteiger partial charge on any atom is 0.231 e. The number of nitrogens with zero attached hydrogens (tertiary/aromatic N) is 2. The van der Waals surface area contributed by atoms with Crippen molar-refractivity contribution >= 4 is 11.6 Å². The van der Waals surface area contributed by atoms with E-state index in [4.69, 9.17) is 5.26 Å². The zero-order valence-corrected chi connectivity index (χ0v) is 7.95. The van der Waals surface area contributed by atoms with Crippen LogP contribution in [0.5, 0.6) is 0 Å². The molecule has 1 aliphatic heterocycles. The molecule has 0 aromatic heterocycles. The number of hydrogen-bond acceptors (Lipinski definition) is 2. The molecule has 0 radical (unpaired) electrons. The molecule has 0 atom stereocenters. The second-order valence-electron chi connectivity index (χ2n) is 3.39. The van der Waals surface area contributed by atoms with Crippen LogP contribution in [0.15, 0.2) is 18.2 Å². The van der Waals surface area contributed by atoms with Crippen LogP contribution in [0.25, 0.3) is 0 Å². The highest BCUT2D eigenvalue weighted by Gasteiger charge is 2.25. The number of carbonyl (C=O) groups is 1. The maximum absolute atomic E-state index is 11.4. The molecule has 3 nitrogen and oxygen atoms in total. The van der Waals surface area contributed by atoms with Crippen molar-refractivity contribution < 1.29 is 4.79 Å². The summed E-state index contributed by atoms with van der Waals surface area (Å²) in [7, 11) is 1.76. The number of rotatable bonds is 1. The van der Waals surface area contributed by atoms with Gasteiger partial charge >= 0.3 is 0 Å². The quantitative estimate of drug-likeness (QED) is 0.663. The van der Waals surface area contributed by atoms with E-state index in [1.54, 1.807) is 11.9 Å². The van der Waals surface area contributed by atoms with Gasteiger partial charge in [-0.3, -0.25) is 4.79 Å². The summed E-state index contributed by atoms with van der Waals surface area (Å²) in [5.41, 5.74) is 2.91. The predicted molar refractivity (Wildman–Crippen MR) is 52.9 cm³/mol. The van der Waals surface area contributed by atoms with E-state index in [-0.39, 0.29) is 5.91 Å². The minimum Gasteiger partial charge on any atom is -0.315 e. The Balaban J connectivity index is 2.53. The molecule has 0 saturated carbocycles. The van der Waals surface area contributed by atoms with Crippen molar-refractivity contribution in [3.63, 3.8) is 0 Å². The van der Waals surface area contributed by atoms with E-state index in [0.29, 0.717) is 12.8 Å². The molecular weight excluding hydrogens is 176 g/mol. The summed E-state index contributed by atoms with van der Waals surface area (Å²) in [5.74, 6) is 0.102. The standard InChI is InChI=1S/C11H10N2O/c1-13-10(14)7-9-4-2-3-8(5-6-12)11(9)13/h2-4H,5,7H2,1H3. The van der Waals surface area contributed by atoms with Gasteiger partial charge in [-0.15, -0.1) is 0 Å². The van der Waals surface area contributed by atoms with Crippen LogP contribution < -0.4 is 4.90 Å². The smallest absolute Gasteiger partial charge is 0.231 e. The monoisotopic (exact) mass is 186 g/mol. The van der Waals surface area contributed by atoms with E-state index in [2.05, 4.69) is 6.07 Å². The Morgan fingerprint density at radius 3 is 3.07 bits per heavy atom. The van der Waals surface area contributed by atoms with Crippen molar-refractivity contribution in [2.45, 2.75) is 12.8 Å². The summed E-state index contributed by atoms with van der Waals surface area (Å²) in [4.78, 5) is 13.1. The highest BCUT2D eigenvalue weighted by atomic mass is 16.2. The number of para-hydroxylation sites is 1. The lowest BCUT2D eigenvalue weighted by Crippen LogP contribution is -2.21. The molecule has 1 amide bonds. The number of carbonyl (C=O) groups excluding carboxylic acids is 1. The van der Waals surface area contributed by atoms with Crippen molar-refractivity contribution in [2.75, 3.05) is 11.9 Å². The molecule has 70 valence electrons. The topological polar surface area (TPSA) is 44.1 Å². The Morgan fingerprint density at radius 2 is 2.36 bits per heavy atom. The second-order valence-corrected chi connectivity index (χ2v) is 3.39. The Bertz CT molecular complexity index is 431. The van der Waals surface area contributed by atoms with Crippen molar-refractivity contribution in [1.29, 1.82) is 5.26 Å². The van der Waals surface area contributed by atoms with Crippen LogP contribution in [0.2, 0.25) is 0 Å². The van der Waals surface area contributed by atoms with Crippen LogP contribution in [0.3, 0.4) is 0 Å². The Morgan fingerprint density at radius 1 is 1.57 bits per heavy atom. The second kappa shape index (κ2) is 3.15. The minimum absolute atomic E-state index is 0.102. The molecule has 1 aromatic carbocycles. The summed E-state index contributed by atoms with van der Waals surface area (Å²) in [6.45, 7) is 0. The van der Waals surface area contributed by atoms with Gasteiger partial charge in [-0.25, -0.2) is 0 Å². The van der Waals surface area contributed by atoms with Gasteiger partial charge in [0, 0.05) is 7.05 Å². The summed E-state index contributed by atoms with van der Waals surface area (Å²) >= 11 is 0. The van der Waals surface area contributed by atoms with Crippen molar-refractivity contribution in [2.24, 2.45) is 0 Å². The SMILES string of the molecule is CN1C(=O)Cc2cccc(CC#N)c21. The van der Waals surface area contributed by atoms with E-state index in [1.807, 2.05) is 18.2 Å². The fraction of sp³-hybridized carbons (Fsp3) is 0.273. The number of benzene rings is 1. The van der Waals surface area contributed by atoms with E-state index in [1.165, 1.54) is 0 Å². The first-order chi connectivity index (χ1) is 6.74. The molecule has 0 unspecified atom stereocenters. The first-order valence-corrected chi connectivity index (χ1v) is 4.48. The van der Waals surface area contributed by atoms with Gasteiger partial charge in [0.1, 0.15) is 0 Å². The highest BCUT2D eigenvalue weighted by Crippen LogP contribution is 2.31. The Kier molecular flexibility index (Phi) is 1.97. The van der Waals surface area contributed by atoms with Crippen molar-refractivity contribution in [1.82, 2.24) is 0 Å². The molecule has 2 rings (SSSR count). The van der Waals surface area contributed by atoms with Gasteiger partial charge < -0.3 is 4.90 Å². The number of hydrogen-bond donors (Lipinski definition) is 0. The Hall–Kier alpha value is -1.82. The number of amides is 1. The fourth-order valence-corrected chi connectivity index (χ4v) is 1.85. The average molecular weight is 186 g/mol. The molecule has 1 heterocycles. The molecular formula is C11H10N2O. The molecule has 3 heteroatoms. The number of likely N-dealkylation sites (N-methyl/N-ethyl adjacent to an activating group) is 1. The largest absolute Gasteiger partial charge is 0.315 e. The lowest BCUT2D eigenvalue weighted by atomic mass is 10.1. The van der Waals surface area contributed by atoms with Gasteiger partial charge in [-0.1, -0.05) is 18.2 Å². The third-order valence-corrected chi connectivity index (χ3v) is 2.52. The Labute approximate surface area is 82.6 Å². The molecule has 0 spiro atoms. The highest BCUT2D eigenvalue weighted by molar-refractivity contribution is 6.01. The average Bonchev–Trinajstić information content (AvgIpc) is 2.45. The summed E-state index contributed by atoms with van der Waals surface area (Å²) < 4.78 is 0. The zero-order valence-electron chi connectivity index (χ0n) is 7.95. The predicted octanol–water partition coefficient (Wildman–Crippen LogP) is 1.27. The summed E-state index contributed by atoms with van der Waals surface area (Å²) in [5, 5.41) is 8.65. The molecule has 14 heavy (non-hydrogen) atoms. The molecule has 0 aliphatic carbocycles. The van der Waals surface area contributed by atoms with Crippen LogP contribution in [-0.2, 0) is 17.6 Å². The third-order valence-electron chi connectivity index (χ3n) is 2.52. The van der Waals surface area contributed by atoms with Crippen LogP contribution >= 0.6 is 0 Å². The number of anilines is 1. The van der Waals surface area contributed by atoms with Gasteiger partial charge in [0.2, 0.25) is 5.91 Å². The molecule has 0 fully saturated rings. The van der Waals surface area contributed by atoms with E-state index in [9.17, 15) is 4.79 Å². The molecule has 0 saturated heterocycles. The normalized spacial score (nSPS) is 14.0. The summed E-state index contributed by atoms with van der Waals surface area (Å²) in [6, 6.07) is 7.85. The van der Waals surface area contributed by atoms with Gasteiger partial charge in [-0.2, -0.15) is 5.26 Å². The van der Waals surface area contributed by atoms with Crippen LogP contribution in [0.1, 0.15) is 11.1 Å². The van der Waals surface area contributed by atoms with E-state index >= 15 is 0 Å². The third kappa shape index (κ3) is 1.16. The maximum atomic E-state index is 11.4. The fourth-order valence-electron chi connectivity index (χ4n) is 1.85. The van der Waals surface area contributed by atoms with Crippen LogP contribution in [-0.4, -0.2) is 13.0 Å². The van der Waals surface area contributed by atoms with Gasteiger partial charge in [0.15, 0.2) is 0 Å². The number of nitriles is 1. The van der Waals surface area contributed by atoms with Crippen molar-refractivity contribution in [3.8, 4) is 6.07 Å². The summed E-state index contributed by atoms with van der Waals surface area (Å²) in [6.07, 6.45) is 0.825. The minimum atomic E-state index is 0.102. The van der Waals surface area contributed by atoms with E-state index < -0.39 is 0 Å². The molecule has 1 aliphatic rings. The lowest BCUT2D eigenvalue weighted by molar-refractivity contribution is -0.117. The zero-order chi connectivity index (χ0) is 10.1. The molecule has 0 bridgehead atoms. The number of fused-ring (bicyclic) bond motifs is 1. The lowest BCUT2D eigenvalue weighted by Gasteiger charge is -2.13.